The number of nitrogens with zero attached hydrogens (tertiary/aromatic N) is 5. The van der Waals surface area contributed by atoms with Crippen molar-refractivity contribution in [3.8, 4) is 0 Å². The molecule has 0 unspecified atom stereocenters. The van der Waals surface area contributed by atoms with E-state index >= 15 is 0 Å². The van der Waals surface area contributed by atoms with Crippen molar-refractivity contribution < 1.29 is 19.2 Å². The molecule has 0 aromatic carbocycles. The van der Waals surface area contributed by atoms with E-state index < -0.39 is 16.8 Å². The molecule has 0 aliphatic carbocycles. The molecule has 0 atom stereocenters. The Morgan fingerprint density at radius 2 is 2.17 bits per heavy atom. The van der Waals surface area contributed by atoms with Crippen molar-refractivity contribution in [1.29, 1.82) is 0 Å². The Morgan fingerprint density at radius 3 is 2.75 bits per heavy atom. The predicted molar refractivity (Wildman–Crippen MR) is 81.4 cm³/mol. The molecule has 1 N–H and O–H groups in total. The molecule has 0 aliphatic rings. The summed E-state index contributed by atoms with van der Waals surface area (Å²) >= 11 is 0. The van der Waals surface area contributed by atoms with Gasteiger partial charge in [-0.15, -0.1) is 0 Å². The van der Waals surface area contributed by atoms with Crippen LogP contribution in [0.2, 0.25) is 0 Å². The number of ether oxygens (including phenoxy) is 1. The van der Waals surface area contributed by atoms with Gasteiger partial charge in [0, 0.05) is 7.05 Å². The van der Waals surface area contributed by atoms with Crippen LogP contribution in [0.5, 0.6) is 0 Å². The first kappa shape index (κ1) is 17.1. The molecule has 2 aromatic heterocycles. The van der Waals surface area contributed by atoms with E-state index in [4.69, 9.17) is 4.74 Å². The predicted octanol–water partition coefficient (Wildman–Crippen LogP) is 0.649. The number of aryl methyl sites for hydroxylation is 2. The summed E-state index contributed by atoms with van der Waals surface area (Å²) in [4.78, 5) is 34.1. The molecule has 0 bridgehead atoms. The third kappa shape index (κ3) is 3.56. The summed E-state index contributed by atoms with van der Waals surface area (Å²) in [6.07, 6.45) is 1.29. The quantitative estimate of drug-likeness (QED) is 0.465. The summed E-state index contributed by atoms with van der Waals surface area (Å²) in [6, 6.07) is 1.27. The zero-order chi connectivity index (χ0) is 17.9. The van der Waals surface area contributed by atoms with Crippen LogP contribution in [0.1, 0.15) is 23.0 Å². The van der Waals surface area contributed by atoms with Crippen molar-refractivity contribution in [3.63, 3.8) is 0 Å². The van der Waals surface area contributed by atoms with Crippen LogP contribution in [0.4, 0.5) is 11.6 Å². The number of hydrogen-bond donors (Lipinski definition) is 1. The number of amides is 1. The van der Waals surface area contributed by atoms with Gasteiger partial charge in [-0.3, -0.25) is 9.48 Å². The standard InChI is InChI=1S/C13H16N6O5/c1-4-24-13(21)9-6-14-17(3)12(9)15-11(20)7-18-8(2)5-10(16-18)19(22)23/h5-6H,4,7H2,1-3H3,(H,15,20). The van der Waals surface area contributed by atoms with Gasteiger partial charge in [0.2, 0.25) is 5.91 Å². The van der Waals surface area contributed by atoms with Crippen molar-refractivity contribution in [1.82, 2.24) is 19.6 Å². The van der Waals surface area contributed by atoms with Crippen LogP contribution in [0.25, 0.3) is 0 Å². The average molecular weight is 336 g/mol. The smallest absolute Gasteiger partial charge is 0.390 e. The molecule has 2 aromatic rings. The van der Waals surface area contributed by atoms with Gasteiger partial charge in [0.05, 0.1) is 29.7 Å². The van der Waals surface area contributed by atoms with Gasteiger partial charge in [0.25, 0.3) is 0 Å². The van der Waals surface area contributed by atoms with Gasteiger partial charge in [-0.05, 0) is 18.8 Å². The molecule has 11 nitrogen and oxygen atoms in total. The molecular weight excluding hydrogens is 320 g/mol. The van der Waals surface area contributed by atoms with Gasteiger partial charge in [-0.1, -0.05) is 0 Å². The van der Waals surface area contributed by atoms with Crippen LogP contribution in [0, 0.1) is 17.0 Å². The first-order valence-corrected chi connectivity index (χ1v) is 7.01. The molecule has 2 rings (SSSR count). The van der Waals surface area contributed by atoms with Gasteiger partial charge in [0.1, 0.15) is 17.9 Å². The number of nitro groups is 1. The summed E-state index contributed by atoms with van der Waals surface area (Å²) in [5, 5.41) is 20.9. The third-order valence-corrected chi connectivity index (χ3v) is 3.14. The topological polar surface area (TPSA) is 134 Å². The van der Waals surface area contributed by atoms with Crippen molar-refractivity contribution in [2.45, 2.75) is 20.4 Å². The number of nitrogens with one attached hydrogen (secondary N) is 1. The van der Waals surface area contributed by atoms with Gasteiger partial charge in [-0.25, -0.2) is 4.79 Å². The molecule has 0 saturated heterocycles. The van der Waals surface area contributed by atoms with Crippen LogP contribution >= 0.6 is 0 Å². The highest BCUT2D eigenvalue weighted by Gasteiger charge is 2.21. The van der Waals surface area contributed by atoms with E-state index in [1.54, 1.807) is 20.9 Å². The minimum Gasteiger partial charge on any atom is -0.462 e. The molecule has 128 valence electrons. The van der Waals surface area contributed by atoms with Crippen molar-refractivity contribution in [2.75, 3.05) is 11.9 Å². The molecule has 1 amide bonds. The monoisotopic (exact) mass is 336 g/mol. The maximum Gasteiger partial charge on any atom is 0.390 e. The lowest BCUT2D eigenvalue weighted by atomic mass is 10.3. The zero-order valence-corrected chi connectivity index (χ0v) is 13.3. The normalized spacial score (nSPS) is 10.5. The Hall–Kier alpha value is -3.24. The SMILES string of the molecule is CCOC(=O)c1cnn(C)c1NC(=O)Cn1nc([N+](=O)[O-])cc1C. The minimum atomic E-state index is -0.638. The number of carbonyl (C=O) groups is 2. The van der Waals surface area contributed by atoms with E-state index in [9.17, 15) is 19.7 Å². The second-order valence-corrected chi connectivity index (χ2v) is 4.86. The second kappa shape index (κ2) is 6.89. The molecule has 0 fully saturated rings. The molecule has 0 saturated carbocycles. The number of esters is 1. The molecule has 11 heteroatoms. The molecule has 24 heavy (non-hydrogen) atoms. The lowest BCUT2D eigenvalue weighted by molar-refractivity contribution is -0.389. The molecule has 0 radical (unpaired) electrons. The first-order chi connectivity index (χ1) is 11.3. The highest BCUT2D eigenvalue weighted by atomic mass is 16.6. The molecule has 2 heterocycles. The number of anilines is 1. The van der Waals surface area contributed by atoms with E-state index in [0.29, 0.717) is 5.69 Å². The number of aromatic nitrogens is 4. The van der Waals surface area contributed by atoms with Crippen molar-refractivity contribution in [2.24, 2.45) is 7.05 Å². The van der Waals surface area contributed by atoms with Crippen LogP contribution in [0.3, 0.4) is 0 Å². The Morgan fingerprint density at radius 1 is 1.46 bits per heavy atom. The highest BCUT2D eigenvalue weighted by Crippen LogP contribution is 2.16. The first-order valence-electron chi connectivity index (χ1n) is 7.01. The molecule has 0 aliphatic heterocycles. The van der Waals surface area contributed by atoms with Crippen LogP contribution in [-0.2, 0) is 23.1 Å². The number of hydrogen-bond acceptors (Lipinski definition) is 7. The van der Waals surface area contributed by atoms with Gasteiger partial charge < -0.3 is 20.2 Å². The Kier molecular flexibility index (Phi) is 4.92. The number of rotatable bonds is 6. The largest absolute Gasteiger partial charge is 0.462 e. The zero-order valence-electron chi connectivity index (χ0n) is 13.3. The fourth-order valence-electron chi connectivity index (χ4n) is 1.99. The summed E-state index contributed by atoms with van der Waals surface area (Å²) in [6.45, 7) is 3.21. The second-order valence-electron chi connectivity index (χ2n) is 4.86. The lowest BCUT2D eigenvalue weighted by Gasteiger charge is -2.07. The average Bonchev–Trinajstić information content (AvgIpc) is 3.04. The summed E-state index contributed by atoms with van der Waals surface area (Å²) in [5.41, 5.74) is 0.586. The van der Waals surface area contributed by atoms with E-state index in [-0.39, 0.29) is 30.4 Å². The van der Waals surface area contributed by atoms with Crippen molar-refractivity contribution >= 4 is 23.5 Å². The molecular formula is C13H16N6O5. The summed E-state index contributed by atoms with van der Waals surface area (Å²) < 4.78 is 7.42. The fourth-order valence-corrected chi connectivity index (χ4v) is 1.99. The van der Waals surface area contributed by atoms with Crippen LogP contribution < -0.4 is 5.32 Å². The van der Waals surface area contributed by atoms with Crippen LogP contribution in [0.15, 0.2) is 12.3 Å². The lowest BCUT2D eigenvalue weighted by Crippen LogP contribution is -2.23. The van der Waals surface area contributed by atoms with Gasteiger partial charge in [-0.2, -0.15) is 9.78 Å². The Balaban J connectivity index is 2.14. The fraction of sp³-hybridized carbons (Fsp3) is 0.385. The van der Waals surface area contributed by atoms with E-state index in [2.05, 4.69) is 15.5 Å². The summed E-state index contributed by atoms with van der Waals surface area (Å²) in [7, 11) is 1.56. The van der Waals surface area contributed by atoms with Gasteiger partial charge >= 0.3 is 11.8 Å². The maximum atomic E-state index is 12.2. The highest BCUT2D eigenvalue weighted by molar-refractivity contribution is 6.00. The third-order valence-electron chi connectivity index (χ3n) is 3.14. The maximum absolute atomic E-state index is 12.2. The van der Waals surface area contributed by atoms with Crippen molar-refractivity contribution in [3.05, 3.63) is 33.6 Å². The summed E-state index contributed by atoms with van der Waals surface area (Å²) in [5.74, 6) is -1.28. The van der Waals surface area contributed by atoms with E-state index in [1.807, 2.05) is 0 Å². The van der Waals surface area contributed by atoms with Crippen LogP contribution in [-0.4, -0.2) is 43.0 Å². The minimum absolute atomic E-state index is 0.121. The van der Waals surface area contributed by atoms with Gasteiger partial charge in [0.15, 0.2) is 0 Å². The Labute approximate surface area is 136 Å². The van der Waals surface area contributed by atoms with E-state index in [0.717, 1.165) is 0 Å². The Bertz CT molecular complexity index is 793. The van der Waals surface area contributed by atoms with E-state index in [1.165, 1.54) is 21.6 Å². The number of carbonyl (C=O) groups excluding carboxylic acids is 2. The molecule has 0 spiro atoms.